The number of fused-ring (bicyclic) bond motifs is 5. The van der Waals surface area contributed by atoms with Crippen molar-refractivity contribution < 1.29 is 8.42 Å². The summed E-state index contributed by atoms with van der Waals surface area (Å²) < 4.78 is 28.3. The maximum atomic E-state index is 13.5. The molecule has 37 heavy (non-hydrogen) atoms. The number of sulfonamides is 1. The molecule has 1 N–H and O–H groups in total. The molecule has 0 bridgehead atoms. The van der Waals surface area contributed by atoms with Gasteiger partial charge in [-0.05, 0) is 69.3 Å². The molecule has 4 nitrogen and oxygen atoms in total. The topological polar surface area (TPSA) is 49.4 Å². The Morgan fingerprint density at radius 1 is 0.892 bits per heavy atom. The zero-order chi connectivity index (χ0) is 25.6. The quantitative estimate of drug-likeness (QED) is 0.213. The molecule has 3 unspecified atom stereocenters. The summed E-state index contributed by atoms with van der Waals surface area (Å²) in [6.45, 7) is 7.93. The van der Waals surface area contributed by atoms with Crippen LogP contribution < -0.4 is 5.32 Å². The molecule has 1 heterocycles. The highest BCUT2D eigenvalue weighted by atomic mass is 32.2. The van der Waals surface area contributed by atoms with Gasteiger partial charge in [-0.3, -0.25) is 0 Å². The molecule has 5 heteroatoms. The summed E-state index contributed by atoms with van der Waals surface area (Å²) in [7, 11) is -3.67. The minimum absolute atomic E-state index is 0.101. The van der Waals surface area contributed by atoms with E-state index in [2.05, 4.69) is 85.2 Å². The van der Waals surface area contributed by atoms with Gasteiger partial charge in [0.15, 0.2) is 0 Å². The minimum Gasteiger partial charge on any atom is -0.378 e. The van der Waals surface area contributed by atoms with Crippen LogP contribution in [0.2, 0.25) is 0 Å². The summed E-state index contributed by atoms with van der Waals surface area (Å²) in [5.74, 6) is 0.429. The van der Waals surface area contributed by atoms with E-state index in [1.165, 1.54) is 31.4 Å². The summed E-state index contributed by atoms with van der Waals surface area (Å²) in [6, 6.07) is 25.1. The first-order chi connectivity index (χ1) is 18.0. The Balaban J connectivity index is 1.48. The van der Waals surface area contributed by atoms with E-state index in [0.717, 1.165) is 17.7 Å². The van der Waals surface area contributed by atoms with Gasteiger partial charge in [0, 0.05) is 24.7 Å². The largest absolute Gasteiger partial charge is 0.378 e. The van der Waals surface area contributed by atoms with Crippen LogP contribution in [0.5, 0.6) is 0 Å². The van der Waals surface area contributed by atoms with Gasteiger partial charge in [0.2, 0.25) is 10.0 Å². The van der Waals surface area contributed by atoms with Crippen molar-refractivity contribution in [1.29, 1.82) is 0 Å². The molecule has 0 radical (unpaired) electrons. The van der Waals surface area contributed by atoms with Gasteiger partial charge in [0.05, 0.1) is 10.9 Å². The summed E-state index contributed by atoms with van der Waals surface area (Å²) in [5.41, 5.74) is 3.35. The summed E-state index contributed by atoms with van der Waals surface area (Å²) >= 11 is 0. The van der Waals surface area contributed by atoms with Crippen LogP contribution >= 0.6 is 0 Å². The number of allylic oxidation sites excluding steroid dienone is 2. The van der Waals surface area contributed by atoms with Crippen molar-refractivity contribution in [2.24, 2.45) is 5.92 Å². The van der Waals surface area contributed by atoms with E-state index in [9.17, 15) is 8.42 Å². The number of anilines is 1. The molecule has 0 saturated carbocycles. The third kappa shape index (κ3) is 3.90. The smallest absolute Gasteiger partial charge is 0.243 e. The molecule has 6 rings (SSSR count). The van der Waals surface area contributed by atoms with Crippen LogP contribution in [0.1, 0.15) is 29.5 Å². The number of hydrogen-bond acceptors (Lipinski definition) is 3. The highest BCUT2D eigenvalue weighted by Gasteiger charge is 2.40. The summed E-state index contributed by atoms with van der Waals surface area (Å²) in [4.78, 5) is 0.310. The normalized spacial score (nSPS) is 20.5. The predicted molar refractivity (Wildman–Crippen MR) is 153 cm³/mol. The van der Waals surface area contributed by atoms with Gasteiger partial charge in [-0.25, -0.2) is 8.42 Å². The molecule has 0 fully saturated rings. The van der Waals surface area contributed by atoms with Crippen LogP contribution in [-0.2, 0) is 10.0 Å². The second-order valence-electron chi connectivity index (χ2n) is 9.86. The zero-order valence-corrected chi connectivity index (χ0v) is 21.5. The first-order valence-electron chi connectivity index (χ1n) is 12.7. The lowest BCUT2D eigenvalue weighted by atomic mass is 9.75. The molecule has 4 aromatic carbocycles. The SMILES string of the molecule is C=CCN(CC=C)S(=O)(=O)c1ccc2c(c1)C1C=CCC1C(c1c3ccccc3cc3ccccc13)N2. The fourth-order valence-corrected chi connectivity index (χ4v) is 7.53. The van der Waals surface area contributed by atoms with Crippen molar-refractivity contribution >= 4 is 37.3 Å². The van der Waals surface area contributed by atoms with E-state index >= 15 is 0 Å². The van der Waals surface area contributed by atoms with Gasteiger partial charge in [-0.15, -0.1) is 13.2 Å². The van der Waals surface area contributed by atoms with Crippen molar-refractivity contribution in [2.75, 3.05) is 18.4 Å². The van der Waals surface area contributed by atoms with Gasteiger partial charge < -0.3 is 5.32 Å². The highest BCUT2D eigenvalue weighted by molar-refractivity contribution is 7.89. The second-order valence-corrected chi connectivity index (χ2v) is 11.8. The van der Waals surface area contributed by atoms with Gasteiger partial charge in [-0.1, -0.05) is 72.8 Å². The lowest BCUT2D eigenvalue weighted by molar-refractivity contribution is 0.428. The summed E-state index contributed by atoms with van der Waals surface area (Å²) in [6.07, 6.45) is 8.66. The standard InChI is InChI=1S/C32H30N2O2S/c1-3-18-34(19-4-2)37(35,36)24-16-17-30-29(21-24)27-14-9-15-28(27)32(33-30)31-25-12-7-5-10-22(25)20-23-11-6-8-13-26(23)31/h3-14,16-17,20-21,27-28,32-33H,1-2,15,18-19H2. The average Bonchev–Trinajstić information content (AvgIpc) is 3.41. The monoisotopic (exact) mass is 506 g/mol. The molecule has 3 atom stereocenters. The fourth-order valence-electron chi connectivity index (χ4n) is 6.11. The van der Waals surface area contributed by atoms with Crippen molar-refractivity contribution in [1.82, 2.24) is 4.31 Å². The molecule has 0 spiro atoms. The summed E-state index contributed by atoms with van der Waals surface area (Å²) in [5, 5.41) is 8.83. The van der Waals surface area contributed by atoms with Crippen molar-refractivity contribution in [3.63, 3.8) is 0 Å². The van der Waals surface area contributed by atoms with Crippen molar-refractivity contribution in [3.8, 4) is 0 Å². The number of rotatable bonds is 7. The Morgan fingerprint density at radius 2 is 1.54 bits per heavy atom. The fraction of sp³-hybridized carbons (Fsp3) is 0.188. The third-order valence-electron chi connectivity index (χ3n) is 7.76. The minimum atomic E-state index is -3.67. The number of hydrogen-bond donors (Lipinski definition) is 1. The number of benzene rings is 4. The Hall–Kier alpha value is -3.67. The van der Waals surface area contributed by atoms with Gasteiger partial charge in [0.1, 0.15) is 0 Å². The molecular formula is C32H30N2O2S. The van der Waals surface area contributed by atoms with Gasteiger partial charge in [0.25, 0.3) is 0 Å². The van der Waals surface area contributed by atoms with Gasteiger partial charge >= 0.3 is 0 Å². The van der Waals surface area contributed by atoms with Crippen LogP contribution in [0.25, 0.3) is 21.5 Å². The first kappa shape index (κ1) is 23.7. The lowest BCUT2D eigenvalue weighted by Crippen LogP contribution is -2.32. The van der Waals surface area contributed by atoms with Crippen molar-refractivity contribution in [3.05, 3.63) is 121 Å². The molecule has 2 aliphatic rings. The molecule has 0 amide bonds. The van der Waals surface area contributed by atoms with E-state index < -0.39 is 10.0 Å². The van der Waals surface area contributed by atoms with E-state index in [-0.39, 0.29) is 31.0 Å². The highest BCUT2D eigenvalue weighted by Crippen LogP contribution is 2.52. The van der Waals surface area contributed by atoms with Crippen molar-refractivity contribution in [2.45, 2.75) is 23.3 Å². The van der Waals surface area contributed by atoms with E-state index in [0.29, 0.717) is 4.90 Å². The molecule has 0 saturated heterocycles. The Bertz CT molecular complexity index is 1610. The molecule has 0 aromatic heterocycles. The predicted octanol–water partition coefficient (Wildman–Crippen LogP) is 7.18. The van der Waals surface area contributed by atoms with E-state index in [4.69, 9.17) is 0 Å². The van der Waals surface area contributed by atoms with Crippen LogP contribution in [0.3, 0.4) is 0 Å². The average molecular weight is 507 g/mol. The molecule has 1 aliphatic heterocycles. The maximum absolute atomic E-state index is 13.5. The van der Waals surface area contributed by atoms with Crippen LogP contribution in [0.4, 0.5) is 5.69 Å². The second kappa shape index (κ2) is 9.33. The van der Waals surface area contributed by atoms with Crippen LogP contribution in [0, 0.1) is 5.92 Å². The van der Waals surface area contributed by atoms with Crippen LogP contribution in [-0.4, -0.2) is 25.8 Å². The first-order valence-corrected chi connectivity index (χ1v) is 14.2. The maximum Gasteiger partial charge on any atom is 0.243 e. The Morgan fingerprint density at radius 3 is 2.19 bits per heavy atom. The zero-order valence-electron chi connectivity index (χ0n) is 20.7. The third-order valence-corrected chi connectivity index (χ3v) is 9.59. The van der Waals surface area contributed by atoms with E-state index in [1.807, 2.05) is 12.1 Å². The van der Waals surface area contributed by atoms with E-state index in [1.54, 1.807) is 18.2 Å². The Labute approximate surface area is 218 Å². The number of nitrogens with zero attached hydrogens (tertiary/aromatic N) is 1. The molecular weight excluding hydrogens is 476 g/mol. The Kier molecular flexibility index (Phi) is 5.98. The molecule has 4 aromatic rings. The lowest BCUT2D eigenvalue weighted by Gasteiger charge is -2.39. The van der Waals surface area contributed by atoms with Gasteiger partial charge in [-0.2, -0.15) is 4.31 Å². The van der Waals surface area contributed by atoms with Crippen LogP contribution in [0.15, 0.2) is 115 Å². The molecule has 1 aliphatic carbocycles. The molecule has 186 valence electrons. The number of nitrogens with one attached hydrogen (secondary N) is 1.